The molecule has 3 aromatic carbocycles. The zero-order valence-electron chi connectivity index (χ0n) is 46.8. The van der Waals surface area contributed by atoms with Gasteiger partial charge in [-0.3, -0.25) is 33.7 Å². The molecule has 0 bridgehead atoms. The van der Waals surface area contributed by atoms with E-state index in [1.165, 1.54) is 28.9 Å². The van der Waals surface area contributed by atoms with Crippen molar-refractivity contribution in [1.82, 2.24) is 40.2 Å². The number of unbranched alkanes of at least 4 members (excludes halogenated alkanes) is 2. The van der Waals surface area contributed by atoms with E-state index in [0.717, 1.165) is 28.7 Å². The van der Waals surface area contributed by atoms with Crippen LogP contribution in [0.3, 0.4) is 0 Å². The molecule has 1 aromatic heterocycles. The van der Waals surface area contributed by atoms with E-state index in [0.29, 0.717) is 62.4 Å². The minimum atomic E-state index is -1.62. The molecule has 9 amide bonds. The molecule has 2 saturated heterocycles. The number of imide groups is 1. The summed E-state index contributed by atoms with van der Waals surface area (Å²) >= 11 is 0. The summed E-state index contributed by atoms with van der Waals surface area (Å²) in [6, 6.07) is 14.9. The average molecular weight is 1160 g/mol. The second-order valence-electron chi connectivity index (χ2n) is 21.5. The van der Waals surface area contributed by atoms with Gasteiger partial charge in [-0.15, -0.1) is 0 Å². The maximum Gasteiger partial charge on any atom is 0.410 e. The lowest BCUT2D eigenvalue weighted by atomic mass is 9.88. The van der Waals surface area contributed by atoms with Crippen LogP contribution >= 0.6 is 0 Å². The van der Waals surface area contributed by atoms with Crippen molar-refractivity contribution >= 4 is 53.3 Å². The largest absolute Gasteiger partial charge is 0.445 e. The Bertz CT molecular complexity index is 2940. The number of aliphatic hydroxyl groups excluding tert-OH is 1. The van der Waals surface area contributed by atoms with E-state index in [1.54, 1.807) is 48.9 Å². The second-order valence-corrected chi connectivity index (χ2v) is 21.5. The molecule has 0 aliphatic carbocycles. The zero-order valence-corrected chi connectivity index (χ0v) is 46.8. The normalized spacial score (nSPS) is 17.7. The average Bonchev–Trinajstić information content (AvgIpc) is 3.55. The quantitative estimate of drug-likeness (QED) is 0.0312. The van der Waals surface area contributed by atoms with Gasteiger partial charge in [-0.05, 0) is 98.7 Å². The molecule has 24 heteroatoms. The number of halogens is 3. The van der Waals surface area contributed by atoms with Gasteiger partial charge in [0.1, 0.15) is 48.4 Å². The predicted octanol–water partition coefficient (Wildman–Crippen LogP) is 5.66. The lowest BCUT2D eigenvalue weighted by Gasteiger charge is -2.40. The molecule has 3 aliphatic heterocycles. The Morgan fingerprint density at radius 1 is 0.867 bits per heavy atom. The Hall–Kier alpha value is -8.12. The van der Waals surface area contributed by atoms with Gasteiger partial charge in [0.25, 0.3) is 17.7 Å². The maximum absolute atomic E-state index is 16.3. The van der Waals surface area contributed by atoms with Crippen molar-refractivity contribution in [3.05, 3.63) is 120 Å². The van der Waals surface area contributed by atoms with Crippen LogP contribution in [0.15, 0.2) is 91.1 Å². The highest BCUT2D eigenvalue weighted by molar-refractivity contribution is 6.12. The highest BCUT2D eigenvalue weighted by Crippen LogP contribution is 2.39. The van der Waals surface area contributed by atoms with E-state index < -0.39 is 83.7 Å². The van der Waals surface area contributed by atoms with Crippen LogP contribution in [-0.2, 0) is 51.4 Å². The molecule has 1 unspecified atom stereocenters. The third kappa shape index (κ3) is 17.5. The standard InChI is InChI=1S/C59H73F3N10O11/c1-36(2)52(68-49(74)14-8-5-9-26-71-50(75)21-22-51(71)76)56(78)67-47(13-10-25-64-58(63)80)55(77)65-43-18-15-39(16-19-43)35-83-59(81)70-31-41(46(62)33-70)32-72(57(79)37(3)73)53(40-23-27-82-28-24-40)54-66-48(44-29-42(60)17-20-45(44)61)34-69(54)30-38-11-6-4-7-12-38/h4,6-7,11-12,15-22,29,34,36-37,40-41,46-47,52-53,73H,5,8-10,13-14,23-28,30-33,35H2,1-3H3,(H,65,77)(H,67,78)(H,68,74)(H3,63,64,80)/t37-,41-,46-,47-,52?,53+/m0/s1. The van der Waals surface area contributed by atoms with E-state index >= 15 is 8.78 Å². The van der Waals surface area contributed by atoms with E-state index in [9.17, 15) is 47.9 Å². The predicted molar refractivity (Wildman–Crippen MR) is 298 cm³/mol. The lowest BCUT2D eigenvalue weighted by Crippen LogP contribution is -2.54. The van der Waals surface area contributed by atoms with Crippen molar-refractivity contribution in [2.45, 2.75) is 116 Å². The van der Waals surface area contributed by atoms with E-state index in [1.807, 2.05) is 30.3 Å². The Kier molecular flexibility index (Phi) is 22.4. The lowest BCUT2D eigenvalue weighted by molar-refractivity contribution is -0.145. The van der Waals surface area contributed by atoms with Crippen LogP contribution in [-0.4, -0.2) is 147 Å². The first-order valence-corrected chi connectivity index (χ1v) is 28.0. The molecular weight excluding hydrogens is 1080 g/mol. The Morgan fingerprint density at radius 3 is 2.25 bits per heavy atom. The molecule has 7 N–H and O–H groups in total. The van der Waals surface area contributed by atoms with Crippen LogP contribution in [0.2, 0.25) is 0 Å². The highest BCUT2D eigenvalue weighted by Gasteiger charge is 2.44. The molecule has 0 spiro atoms. The number of aliphatic hydroxyl groups is 1. The number of aromatic nitrogens is 2. The van der Waals surface area contributed by atoms with Crippen molar-refractivity contribution in [2.24, 2.45) is 23.5 Å². The number of rotatable bonds is 27. The maximum atomic E-state index is 16.3. The highest BCUT2D eigenvalue weighted by atomic mass is 19.1. The summed E-state index contributed by atoms with van der Waals surface area (Å²) < 4.78 is 59.4. The van der Waals surface area contributed by atoms with E-state index in [-0.39, 0.29) is 100 Å². The molecule has 6 atom stereocenters. The SMILES string of the molecule is CC(C)C(NC(=O)CCCCCN1C(=O)C=CC1=O)C(=O)N[C@@H](CCCNC(N)=O)C(=O)Nc1ccc(COC(=O)N2C[C@@H](CN(C(=O)[C@H](C)O)[C@@H](c3nc(-c4cc(F)ccc4F)cn3Cc3ccccc3)C3CCOCC3)[C@@H](F)C2)cc1. The summed E-state index contributed by atoms with van der Waals surface area (Å²) in [5.74, 6) is -5.79. The number of amides is 9. The molecule has 4 heterocycles. The van der Waals surface area contributed by atoms with Gasteiger partial charge in [0.2, 0.25) is 17.7 Å². The van der Waals surface area contributed by atoms with Gasteiger partial charge in [0.05, 0.1) is 18.3 Å². The fourth-order valence-corrected chi connectivity index (χ4v) is 10.4. The van der Waals surface area contributed by atoms with Crippen LogP contribution in [0, 0.1) is 29.4 Å². The van der Waals surface area contributed by atoms with Crippen LogP contribution < -0.4 is 27.0 Å². The summed E-state index contributed by atoms with van der Waals surface area (Å²) in [7, 11) is 0. The van der Waals surface area contributed by atoms with Crippen molar-refractivity contribution in [1.29, 1.82) is 0 Å². The van der Waals surface area contributed by atoms with Crippen LogP contribution in [0.4, 0.5) is 28.4 Å². The number of nitrogens with one attached hydrogen (secondary N) is 4. The van der Waals surface area contributed by atoms with Crippen LogP contribution in [0.25, 0.3) is 11.3 Å². The van der Waals surface area contributed by atoms with Gasteiger partial charge in [0.15, 0.2) is 0 Å². The fraction of sp³-hybridized carbons (Fsp3) is 0.475. The molecule has 446 valence electrons. The Labute approximate surface area is 479 Å². The number of ether oxygens (including phenoxy) is 2. The van der Waals surface area contributed by atoms with E-state index in [4.69, 9.17) is 20.2 Å². The third-order valence-electron chi connectivity index (χ3n) is 14.8. The van der Waals surface area contributed by atoms with Crippen molar-refractivity contribution < 1.29 is 66.1 Å². The summed E-state index contributed by atoms with van der Waals surface area (Å²) in [6.07, 6.45) is 2.85. The Morgan fingerprint density at radius 2 is 1.58 bits per heavy atom. The van der Waals surface area contributed by atoms with Gasteiger partial charge in [-0.2, -0.15) is 0 Å². The monoisotopic (exact) mass is 1150 g/mol. The minimum Gasteiger partial charge on any atom is -0.445 e. The Balaban J connectivity index is 0.976. The first-order chi connectivity index (χ1) is 39.8. The number of nitrogens with two attached hydrogens (primary N) is 1. The third-order valence-corrected chi connectivity index (χ3v) is 14.8. The number of anilines is 1. The molecule has 2 fully saturated rings. The summed E-state index contributed by atoms with van der Waals surface area (Å²) in [4.78, 5) is 112. The molecular formula is C59H73F3N10O11. The number of nitrogens with zero attached hydrogens (tertiary/aromatic N) is 5. The smallest absolute Gasteiger partial charge is 0.410 e. The molecule has 3 aliphatic rings. The van der Waals surface area contributed by atoms with Crippen LogP contribution in [0.1, 0.15) is 95.1 Å². The number of urea groups is 1. The number of hydrogen-bond donors (Lipinski definition) is 6. The first-order valence-electron chi connectivity index (χ1n) is 28.0. The molecule has 0 radical (unpaired) electrons. The molecule has 0 saturated carbocycles. The molecule has 83 heavy (non-hydrogen) atoms. The number of carbonyl (C=O) groups excluding carboxylic acids is 8. The van der Waals surface area contributed by atoms with Gasteiger partial charge in [-0.25, -0.2) is 27.7 Å². The van der Waals surface area contributed by atoms with Crippen molar-refractivity contribution in [2.75, 3.05) is 51.3 Å². The van der Waals surface area contributed by atoms with E-state index in [2.05, 4.69) is 21.3 Å². The molecule has 4 aromatic rings. The summed E-state index contributed by atoms with van der Waals surface area (Å²) in [5, 5.41) is 21.6. The van der Waals surface area contributed by atoms with Crippen molar-refractivity contribution in [3.8, 4) is 11.3 Å². The minimum absolute atomic E-state index is 0.0754. The van der Waals surface area contributed by atoms with Crippen LogP contribution in [0.5, 0.6) is 0 Å². The topological polar surface area (TPSA) is 277 Å². The summed E-state index contributed by atoms with van der Waals surface area (Å²) in [6.45, 7) is 5.05. The number of hydrogen-bond acceptors (Lipinski definition) is 12. The number of carbonyl (C=O) groups is 8. The number of alkyl halides is 1. The molecule has 21 nitrogen and oxygen atoms in total. The number of primary amides is 1. The van der Waals surface area contributed by atoms with Gasteiger partial charge in [-0.1, -0.05) is 62.7 Å². The zero-order chi connectivity index (χ0) is 59.7. The van der Waals surface area contributed by atoms with Gasteiger partial charge >= 0.3 is 12.1 Å². The number of imidazole rings is 1. The number of likely N-dealkylation sites (tertiary alicyclic amines) is 1. The van der Waals surface area contributed by atoms with Gasteiger partial charge in [0, 0.05) is 87.9 Å². The van der Waals surface area contributed by atoms with Gasteiger partial charge < -0.3 is 55.9 Å². The fourth-order valence-electron chi connectivity index (χ4n) is 10.4. The summed E-state index contributed by atoms with van der Waals surface area (Å²) in [5.41, 5.74) is 6.91. The van der Waals surface area contributed by atoms with Crippen molar-refractivity contribution in [3.63, 3.8) is 0 Å². The number of benzene rings is 3. The first kappa shape index (κ1) is 62.5. The second kappa shape index (κ2) is 29.7. The molecule has 7 rings (SSSR count).